The van der Waals surface area contributed by atoms with E-state index in [4.69, 9.17) is 10.5 Å². The van der Waals surface area contributed by atoms with Crippen LogP contribution in [0.15, 0.2) is 0 Å². The molecule has 0 aromatic carbocycles. The summed E-state index contributed by atoms with van der Waals surface area (Å²) in [6.45, 7) is 8.33. The van der Waals surface area contributed by atoms with Crippen molar-refractivity contribution in [1.82, 2.24) is 4.90 Å². The molecule has 1 atom stereocenters. The fraction of sp³-hybridized carbons (Fsp3) is 0.933. The highest BCUT2D eigenvalue weighted by molar-refractivity contribution is 5.82. The molecule has 0 radical (unpaired) electrons. The second-order valence-corrected chi connectivity index (χ2v) is 6.50. The predicted octanol–water partition coefficient (Wildman–Crippen LogP) is 1.78. The van der Waals surface area contributed by atoms with Crippen LogP contribution in [0.2, 0.25) is 0 Å². The first-order chi connectivity index (χ1) is 8.97. The minimum absolute atomic E-state index is 0.209. The molecule has 2 fully saturated rings. The number of rotatable bonds is 8. The maximum Gasteiger partial charge on any atom is 0.327 e. The number of ether oxygens (including phenoxy) is 1. The highest BCUT2D eigenvalue weighted by atomic mass is 16.5. The lowest BCUT2D eigenvalue weighted by molar-refractivity contribution is -0.151. The molecular weight excluding hydrogens is 240 g/mol. The zero-order valence-electron chi connectivity index (χ0n) is 12.5. The molecule has 1 unspecified atom stereocenters. The molecular formula is C15H28N2O2. The first-order valence-electron chi connectivity index (χ1n) is 7.67. The van der Waals surface area contributed by atoms with E-state index in [9.17, 15) is 4.79 Å². The van der Waals surface area contributed by atoms with Crippen LogP contribution >= 0.6 is 0 Å². The van der Waals surface area contributed by atoms with Crippen LogP contribution in [0.3, 0.4) is 0 Å². The van der Waals surface area contributed by atoms with E-state index < -0.39 is 5.54 Å². The minimum Gasteiger partial charge on any atom is -0.465 e. The summed E-state index contributed by atoms with van der Waals surface area (Å²) in [5, 5.41) is 0. The molecule has 4 nitrogen and oxygen atoms in total. The molecule has 110 valence electrons. The summed E-state index contributed by atoms with van der Waals surface area (Å²) in [6.07, 6.45) is 4.77. The van der Waals surface area contributed by atoms with E-state index in [1.807, 2.05) is 6.92 Å². The van der Waals surface area contributed by atoms with E-state index in [2.05, 4.69) is 18.7 Å². The van der Waals surface area contributed by atoms with Gasteiger partial charge >= 0.3 is 5.97 Å². The van der Waals surface area contributed by atoms with E-state index in [0.717, 1.165) is 25.3 Å². The van der Waals surface area contributed by atoms with Crippen LogP contribution in [0.1, 0.15) is 46.5 Å². The molecule has 2 aliphatic carbocycles. The number of nitrogens with two attached hydrogens (primary N) is 1. The van der Waals surface area contributed by atoms with E-state index >= 15 is 0 Å². The van der Waals surface area contributed by atoms with Crippen LogP contribution in [0, 0.1) is 11.8 Å². The maximum absolute atomic E-state index is 12.2. The summed E-state index contributed by atoms with van der Waals surface area (Å²) in [5.41, 5.74) is 5.66. The number of carbonyl (C=O) groups excluding carboxylic acids is 1. The summed E-state index contributed by atoms with van der Waals surface area (Å²) in [7, 11) is 0. The second-order valence-electron chi connectivity index (χ2n) is 6.50. The van der Waals surface area contributed by atoms with Gasteiger partial charge in [-0.3, -0.25) is 4.90 Å². The van der Waals surface area contributed by atoms with Crippen molar-refractivity contribution < 1.29 is 9.53 Å². The van der Waals surface area contributed by atoms with Crippen molar-refractivity contribution >= 4 is 5.97 Å². The molecule has 0 bridgehead atoms. The Bertz CT molecular complexity index is 324. The molecule has 2 saturated carbocycles. The Morgan fingerprint density at radius 3 is 2.42 bits per heavy atom. The van der Waals surface area contributed by atoms with Crippen molar-refractivity contribution in [2.24, 2.45) is 17.6 Å². The molecule has 0 aromatic rings. The van der Waals surface area contributed by atoms with Gasteiger partial charge in [-0.15, -0.1) is 0 Å². The van der Waals surface area contributed by atoms with Crippen LogP contribution in [-0.2, 0) is 9.53 Å². The maximum atomic E-state index is 12.2. The summed E-state index contributed by atoms with van der Waals surface area (Å²) < 4.78 is 5.22. The normalized spacial score (nSPS) is 22.6. The van der Waals surface area contributed by atoms with Gasteiger partial charge < -0.3 is 10.5 Å². The van der Waals surface area contributed by atoms with Gasteiger partial charge in [0.1, 0.15) is 5.54 Å². The molecule has 2 aliphatic rings. The van der Waals surface area contributed by atoms with Crippen molar-refractivity contribution in [2.75, 3.05) is 19.7 Å². The SMILES string of the molecule is CCOC(=O)C(N)(CN(CC1CC1)C(C)C)C1CC1. The molecule has 0 aromatic heterocycles. The quantitative estimate of drug-likeness (QED) is 0.682. The standard InChI is InChI=1S/C15H28N2O2/c1-4-19-14(18)15(16,13-7-8-13)10-17(11(2)3)9-12-5-6-12/h11-13H,4-10,16H2,1-3H3. The molecule has 2 rings (SSSR count). The van der Waals surface area contributed by atoms with Crippen LogP contribution in [0.5, 0.6) is 0 Å². The summed E-state index contributed by atoms with van der Waals surface area (Å²) in [4.78, 5) is 14.6. The van der Waals surface area contributed by atoms with E-state index in [1.165, 1.54) is 12.8 Å². The average Bonchev–Trinajstić information content (AvgIpc) is 3.20. The lowest BCUT2D eigenvalue weighted by Crippen LogP contribution is -2.60. The molecule has 0 amide bonds. The third kappa shape index (κ3) is 3.69. The fourth-order valence-corrected chi connectivity index (χ4v) is 2.65. The van der Waals surface area contributed by atoms with Gasteiger partial charge in [0.25, 0.3) is 0 Å². The number of esters is 1. The van der Waals surface area contributed by atoms with Gasteiger partial charge in [-0.1, -0.05) is 0 Å². The van der Waals surface area contributed by atoms with Crippen LogP contribution < -0.4 is 5.73 Å². The summed E-state index contributed by atoms with van der Waals surface area (Å²) in [6, 6.07) is 0.428. The number of hydrogen-bond donors (Lipinski definition) is 1. The Balaban J connectivity index is 2.02. The molecule has 4 heteroatoms. The molecule has 0 spiro atoms. The Hall–Kier alpha value is -0.610. The van der Waals surface area contributed by atoms with Gasteiger partial charge in [0.15, 0.2) is 0 Å². The van der Waals surface area contributed by atoms with Crippen molar-refractivity contribution in [3.8, 4) is 0 Å². The van der Waals surface area contributed by atoms with Crippen LogP contribution in [0.4, 0.5) is 0 Å². The number of carbonyl (C=O) groups is 1. The molecule has 0 saturated heterocycles. The van der Waals surface area contributed by atoms with Crippen LogP contribution in [-0.4, -0.2) is 42.1 Å². The Morgan fingerprint density at radius 2 is 2.00 bits per heavy atom. The van der Waals surface area contributed by atoms with Gasteiger partial charge in [-0.2, -0.15) is 0 Å². The van der Waals surface area contributed by atoms with Crippen LogP contribution in [0.25, 0.3) is 0 Å². The van der Waals surface area contributed by atoms with E-state index in [1.54, 1.807) is 0 Å². The number of nitrogens with zero attached hydrogens (tertiary/aromatic N) is 1. The third-order valence-electron chi connectivity index (χ3n) is 4.35. The highest BCUT2D eigenvalue weighted by Gasteiger charge is 2.50. The van der Waals surface area contributed by atoms with Crippen molar-refractivity contribution in [3.05, 3.63) is 0 Å². The lowest BCUT2D eigenvalue weighted by Gasteiger charge is -2.36. The zero-order valence-corrected chi connectivity index (χ0v) is 12.5. The third-order valence-corrected chi connectivity index (χ3v) is 4.35. The number of hydrogen-bond acceptors (Lipinski definition) is 4. The molecule has 2 N–H and O–H groups in total. The summed E-state index contributed by atoms with van der Waals surface area (Å²) in [5.74, 6) is 0.916. The second kappa shape index (κ2) is 5.80. The van der Waals surface area contributed by atoms with Crippen molar-refractivity contribution in [3.63, 3.8) is 0 Å². The lowest BCUT2D eigenvalue weighted by atomic mass is 9.93. The largest absolute Gasteiger partial charge is 0.465 e. The first-order valence-corrected chi connectivity index (χ1v) is 7.67. The first kappa shape index (κ1) is 14.8. The Morgan fingerprint density at radius 1 is 1.37 bits per heavy atom. The molecule has 19 heavy (non-hydrogen) atoms. The molecule has 0 heterocycles. The highest BCUT2D eigenvalue weighted by Crippen LogP contribution is 2.40. The van der Waals surface area contributed by atoms with E-state index in [0.29, 0.717) is 25.1 Å². The van der Waals surface area contributed by atoms with Gasteiger partial charge in [-0.25, -0.2) is 4.79 Å². The summed E-state index contributed by atoms with van der Waals surface area (Å²) >= 11 is 0. The zero-order chi connectivity index (χ0) is 14.0. The predicted molar refractivity (Wildman–Crippen MR) is 75.7 cm³/mol. The minimum atomic E-state index is -0.796. The van der Waals surface area contributed by atoms with Gasteiger partial charge in [0.05, 0.1) is 6.61 Å². The monoisotopic (exact) mass is 268 g/mol. The van der Waals surface area contributed by atoms with Gasteiger partial charge in [-0.05, 0) is 58.3 Å². The Labute approximate surface area is 116 Å². The van der Waals surface area contributed by atoms with Gasteiger partial charge in [0.2, 0.25) is 0 Å². The van der Waals surface area contributed by atoms with E-state index in [-0.39, 0.29) is 5.97 Å². The molecule has 0 aliphatic heterocycles. The fourth-order valence-electron chi connectivity index (χ4n) is 2.65. The topological polar surface area (TPSA) is 55.6 Å². The van der Waals surface area contributed by atoms with Gasteiger partial charge in [0, 0.05) is 19.1 Å². The van der Waals surface area contributed by atoms with Crippen molar-refractivity contribution in [1.29, 1.82) is 0 Å². The smallest absolute Gasteiger partial charge is 0.327 e. The average molecular weight is 268 g/mol. The van der Waals surface area contributed by atoms with Crippen molar-refractivity contribution in [2.45, 2.75) is 58.0 Å². The Kier molecular flexibility index (Phi) is 4.51.